The minimum atomic E-state index is -0.142. The highest BCUT2D eigenvalue weighted by Crippen LogP contribution is 2.18. The molecule has 0 aliphatic heterocycles. The van der Waals surface area contributed by atoms with E-state index in [-0.39, 0.29) is 18.0 Å². The van der Waals surface area contributed by atoms with E-state index in [0.29, 0.717) is 5.92 Å². The van der Waals surface area contributed by atoms with Crippen molar-refractivity contribution in [3.8, 4) is 0 Å². The van der Waals surface area contributed by atoms with Crippen molar-refractivity contribution in [2.75, 3.05) is 7.05 Å². The highest BCUT2D eigenvalue weighted by Gasteiger charge is 2.21. The fourth-order valence-electron chi connectivity index (χ4n) is 1.72. The largest absolute Gasteiger partial charge is 0.358 e. The number of nitrogens with one attached hydrogen (secondary N) is 2. The van der Waals surface area contributed by atoms with E-state index in [1.165, 1.54) is 0 Å². The summed E-state index contributed by atoms with van der Waals surface area (Å²) in [4.78, 5) is 17.0. The number of carbonyl (C=O) groups excluding carboxylic acids is 1. The zero-order chi connectivity index (χ0) is 12.8. The van der Waals surface area contributed by atoms with Crippen LogP contribution in [0.2, 0.25) is 0 Å². The molecule has 0 saturated heterocycles. The molecule has 5 heteroatoms. The summed E-state index contributed by atoms with van der Waals surface area (Å²) in [6, 6.07) is 0.0145. The first kappa shape index (κ1) is 14.1. The van der Waals surface area contributed by atoms with Gasteiger partial charge in [-0.1, -0.05) is 13.8 Å². The number of amides is 1. The molecule has 0 spiro atoms. The van der Waals surface area contributed by atoms with Crippen LogP contribution in [0.15, 0.2) is 11.7 Å². The molecule has 96 valence electrons. The SMILES string of the molecule is CNC(=O)C(CC(C)C)NC(C)c1cncs1. The molecule has 0 bridgehead atoms. The van der Waals surface area contributed by atoms with E-state index in [2.05, 4.69) is 36.4 Å². The number of thiazole rings is 1. The lowest BCUT2D eigenvalue weighted by molar-refractivity contribution is -0.123. The van der Waals surface area contributed by atoms with E-state index in [1.807, 2.05) is 11.7 Å². The molecule has 1 aromatic heterocycles. The van der Waals surface area contributed by atoms with Crippen molar-refractivity contribution >= 4 is 17.2 Å². The molecule has 2 atom stereocenters. The Morgan fingerprint density at radius 1 is 1.47 bits per heavy atom. The molecule has 1 rings (SSSR count). The average Bonchev–Trinajstić information content (AvgIpc) is 2.79. The van der Waals surface area contributed by atoms with Gasteiger partial charge in [0.15, 0.2) is 0 Å². The van der Waals surface area contributed by atoms with E-state index in [0.717, 1.165) is 11.3 Å². The van der Waals surface area contributed by atoms with Crippen LogP contribution in [0.5, 0.6) is 0 Å². The maximum Gasteiger partial charge on any atom is 0.236 e. The Balaban J connectivity index is 2.62. The number of nitrogens with zero attached hydrogens (tertiary/aromatic N) is 1. The molecule has 0 aliphatic carbocycles. The lowest BCUT2D eigenvalue weighted by atomic mass is 10.0. The number of rotatable bonds is 6. The Labute approximate surface area is 107 Å². The Kier molecular flexibility index (Phi) is 5.58. The van der Waals surface area contributed by atoms with Crippen LogP contribution in [-0.2, 0) is 4.79 Å². The van der Waals surface area contributed by atoms with Crippen LogP contribution in [0.3, 0.4) is 0 Å². The molecule has 0 saturated carbocycles. The van der Waals surface area contributed by atoms with Gasteiger partial charge in [-0.2, -0.15) is 0 Å². The zero-order valence-electron chi connectivity index (χ0n) is 10.9. The number of carbonyl (C=O) groups is 1. The van der Waals surface area contributed by atoms with Crippen LogP contribution in [0.25, 0.3) is 0 Å². The average molecular weight is 255 g/mol. The minimum absolute atomic E-state index is 0.0510. The topological polar surface area (TPSA) is 54.0 Å². The Morgan fingerprint density at radius 2 is 2.18 bits per heavy atom. The van der Waals surface area contributed by atoms with E-state index in [9.17, 15) is 4.79 Å². The molecule has 0 radical (unpaired) electrons. The third-order valence-corrected chi connectivity index (χ3v) is 3.56. The predicted molar refractivity (Wildman–Crippen MR) is 71.0 cm³/mol. The monoisotopic (exact) mass is 255 g/mol. The first-order chi connectivity index (χ1) is 8.04. The van der Waals surface area contributed by atoms with Crippen molar-refractivity contribution < 1.29 is 4.79 Å². The van der Waals surface area contributed by atoms with Gasteiger partial charge in [-0.25, -0.2) is 0 Å². The second-order valence-corrected chi connectivity index (χ2v) is 5.51. The van der Waals surface area contributed by atoms with Crippen LogP contribution < -0.4 is 10.6 Å². The van der Waals surface area contributed by atoms with Gasteiger partial charge in [-0.05, 0) is 19.3 Å². The fraction of sp³-hybridized carbons (Fsp3) is 0.667. The van der Waals surface area contributed by atoms with E-state index < -0.39 is 0 Å². The number of likely N-dealkylation sites (N-methyl/N-ethyl adjacent to an activating group) is 1. The molecule has 2 N–H and O–H groups in total. The van der Waals surface area contributed by atoms with E-state index >= 15 is 0 Å². The lowest BCUT2D eigenvalue weighted by Crippen LogP contribution is -2.44. The van der Waals surface area contributed by atoms with Gasteiger partial charge in [-0.15, -0.1) is 11.3 Å². The molecule has 0 fully saturated rings. The first-order valence-corrected chi connectivity index (χ1v) is 6.78. The van der Waals surface area contributed by atoms with Gasteiger partial charge in [0.05, 0.1) is 11.6 Å². The van der Waals surface area contributed by atoms with Crippen LogP contribution in [0.1, 0.15) is 38.1 Å². The zero-order valence-corrected chi connectivity index (χ0v) is 11.7. The summed E-state index contributed by atoms with van der Waals surface area (Å²) in [5.74, 6) is 0.536. The van der Waals surface area contributed by atoms with Gasteiger partial charge in [0, 0.05) is 24.2 Å². The van der Waals surface area contributed by atoms with Crippen molar-refractivity contribution in [1.82, 2.24) is 15.6 Å². The maximum absolute atomic E-state index is 11.8. The van der Waals surface area contributed by atoms with Crippen LogP contribution in [0, 0.1) is 5.92 Å². The molecule has 1 heterocycles. The molecular formula is C12H21N3OS. The second kappa shape index (κ2) is 6.71. The summed E-state index contributed by atoms with van der Waals surface area (Å²) in [5, 5.41) is 6.07. The lowest BCUT2D eigenvalue weighted by Gasteiger charge is -2.22. The Hall–Kier alpha value is -0.940. The number of hydrogen-bond donors (Lipinski definition) is 2. The first-order valence-electron chi connectivity index (χ1n) is 5.90. The summed E-state index contributed by atoms with van der Waals surface area (Å²) >= 11 is 1.61. The minimum Gasteiger partial charge on any atom is -0.358 e. The van der Waals surface area contributed by atoms with Gasteiger partial charge in [0.25, 0.3) is 0 Å². The van der Waals surface area contributed by atoms with Gasteiger partial charge < -0.3 is 5.32 Å². The van der Waals surface area contributed by atoms with Crippen LogP contribution >= 0.6 is 11.3 Å². The van der Waals surface area contributed by atoms with Gasteiger partial charge in [0.1, 0.15) is 0 Å². The smallest absolute Gasteiger partial charge is 0.236 e. The fourth-order valence-corrected chi connectivity index (χ4v) is 2.36. The molecular weight excluding hydrogens is 234 g/mol. The Morgan fingerprint density at radius 3 is 2.65 bits per heavy atom. The standard InChI is InChI=1S/C12H21N3OS/c1-8(2)5-10(12(16)13-4)15-9(3)11-6-14-7-17-11/h6-10,15H,5H2,1-4H3,(H,13,16). The van der Waals surface area contributed by atoms with Crippen molar-refractivity contribution in [2.45, 2.75) is 39.3 Å². The highest BCUT2D eigenvalue weighted by atomic mass is 32.1. The van der Waals surface area contributed by atoms with E-state index in [1.54, 1.807) is 18.4 Å². The van der Waals surface area contributed by atoms with Crippen molar-refractivity contribution in [2.24, 2.45) is 5.92 Å². The van der Waals surface area contributed by atoms with E-state index in [4.69, 9.17) is 0 Å². The molecule has 0 aliphatic rings. The molecule has 0 aromatic carbocycles. The van der Waals surface area contributed by atoms with Crippen molar-refractivity contribution in [3.63, 3.8) is 0 Å². The number of aromatic nitrogens is 1. The Bertz CT molecular complexity index is 338. The molecule has 2 unspecified atom stereocenters. The summed E-state index contributed by atoms with van der Waals surface area (Å²) < 4.78 is 0. The molecule has 4 nitrogen and oxygen atoms in total. The summed E-state index contributed by atoms with van der Waals surface area (Å²) in [6.07, 6.45) is 2.68. The maximum atomic E-state index is 11.8. The quantitative estimate of drug-likeness (QED) is 0.817. The predicted octanol–water partition coefficient (Wildman–Crippen LogP) is 1.95. The normalized spacial score (nSPS) is 14.6. The molecule has 17 heavy (non-hydrogen) atoms. The summed E-state index contributed by atoms with van der Waals surface area (Å²) in [6.45, 7) is 6.30. The van der Waals surface area contributed by atoms with Gasteiger partial charge in [-0.3, -0.25) is 15.1 Å². The third kappa shape index (κ3) is 4.44. The molecule has 1 amide bonds. The third-order valence-electron chi connectivity index (χ3n) is 2.60. The molecule has 1 aromatic rings. The van der Waals surface area contributed by atoms with Crippen LogP contribution in [-0.4, -0.2) is 24.0 Å². The summed E-state index contributed by atoms with van der Waals surface area (Å²) in [5.41, 5.74) is 1.81. The number of hydrogen-bond acceptors (Lipinski definition) is 4. The van der Waals surface area contributed by atoms with Gasteiger partial charge >= 0.3 is 0 Å². The van der Waals surface area contributed by atoms with Crippen molar-refractivity contribution in [1.29, 1.82) is 0 Å². The summed E-state index contributed by atoms with van der Waals surface area (Å²) in [7, 11) is 1.68. The highest BCUT2D eigenvalue weighted by molar-refractivity contribution is 7.09. The van der Waals surface area contributed by atoms with Crippen LogP contribution in [0.4, 0.5) is 0 Å². The van der Waals surface area contributed by atoms with Gasteiger partial charge in [0.2, 0.25) is 5.91 Å². The second-order valence-electron chi connectivity index (χ2n) is 4.59. The van der Waals surface area contributed by atoms with Crippen molar-refractivity contribution in [3.05, 3.63) is 16.6 Å².